The Bertz CT molecular complexity index is 679. The Balaban J connectivity index is 1.89. The van der Waals surface area contributed by atoms with E-state index >= 15 is 0 Å². The molecule has 0 radical (unpaired) electrons. The Labute approximate surface area is 124 Å². The number of ether oxygens (including phenoxy) is 1. The molecule has 0 saturated heterocycles. The number of phenols is 1. The van der Waals surface area contributed by atoms with E-state index in [0.29, 0.717) is 18.1 Å². The lowest BCUT2D eigenvalue weighted by Crippen LogP contribution is -2.64. The number of benzene rings is 1. The Hall–Kier alpha value is -1.51. The molecule has 2 fully saturated rings. The number of aromatic hydroxyl groups is 1. The van der Waals surface area contributed by atoms with Gasteiger partial charge in [-0.15, -0.1) is 0 Å². The van der Waals surface area contributed by atoms with Crippen LogP contribution >= 0.6 is 0 Å². The molecule has 2 saturated carbocycles. The van der Waals surface area contributed by atoms with Crippen LogP contribution in [0, 0.1) is 11.3 Å². The van der Waals surface area contributed by atoms with Gasteiger partial charge in [0.1, 0.15) is 0 Å². The molecule has 1 spiro atoms. The van der Waals surface area contributed by atoms with Crippen LogP contribution in [0.25, 0.3) is 0 Å². The molecular weight excluding hydrogens is 264 g/mol. The summed E-state index contributed by atoms with van der Waals surface area (Å²) in [5, 5.41) is 10.2. The topological polar surface area (TPSA) is 46.5 Å². The van der Waals surface area contributed by atoms with Gasteiger partial charge in [-0.25, -0.2) is 0 Å². The zero-order valence-corrected chi connectivity index (χ0v) is 12.3. The molecule has 1 aliphatic heterocycles. The van der Waals surface area contributed by atoms with Crippen LogP contribution in [-0.2, 0) is 16.6 Å². The van der Waals surface area contributed by atoms with Gasteiger partial charge in [0.2, 0.25) is 0 Å². The normalized spacial score (nSPS) is 42.4. The number of carbonyl (C=O) groups is 1. The van der Waals surface area contributed by atoms with E-state index in [1.165, 1.54) is 24.0 Å². The lowest BCUT2D eigenvalue weighted by molar-refractivity contribution is -0.146. The molecule has 3 heteroatoms. The van der Waals surface area contributed by atoms with Crippen molar-refractivity contribution in [2.24, 2.45) is 11.3 Å². The molecule has 4 atom stereocenters. The van der Waals surface area contributed by atoms with E-state index in [1.807, 2.05) is 0 Å². The van der Waals surface area contributed by atoms with Crippen LogP contribution in [0.15, 0.2) is 12.1 Å². The van der Waals surface area contributed by atoms with E-state index in [1.54, 1.807) is 6.07 Å². The van der Waals surface area contributed by atoms with Gasteiger partial charge in [0.25, 0.3) is 0 Å². The summed E-state index contributed by atoms with van der Waals surface area (Å²) in [6.07, 6.45) is 5.78. The second-order valence-corrected chi connectivity index (χ2v) is 7.59. The molecule has 0 amide bonds. The maximum absolute atomic E-state index is 12.6. The van der Waals surface area contributed by atoms with Gasteiger partial charge in [0, 0.05) is 17.4 Å². The van der Waals surface area contributed by atoms with Crippen molar-refractivity contribution in [2.75, 3.05) is 0 Å². The van der Waals surface area contributed by atoms with Crippen molar-refractivity contribution in [1.82, 2.24) is 0 Å². The zero-order valence-electron chi connectivity index (χ0n) is 12.3. The highest BCUT2D eigenvalue weighted by Gasteiger charge is 2.69. The van der Waals surface area contributed by atoms with Crippen LogP contribution in [0.1, 0.15) is 50.2 Å². The minimum atomic E-state index is -0.360. The van der Waals surface area contributed by atoms with Crippen molar-refractivity contribution in [3.05, 3.63) is 23.3 Å². The molecule has 1 N–H and O–H groups in total. The molecule has 0 unspecified atom stereocenters. The van der Waals surface area contributed by atoms with Crippen molar-refractivity contribution in [3.8, 4) is 11.5 Å². The minimum Gasteiger partial charge on any atom is -0.504 e. The third-order valence-electron chi connectivity index (χ3n) is 7.05. The Morgan fingerprint density at radius 1 is 1.33 bits per heavy atom. The number of carbonyl (C=O) groups excluding carboxylic acids is 1. The van der Waals surface area contributed by atoms with Gasteiger partial charge in [0.15, 0.2) is 23.4 Å². The Kier molecular flexibility index (Phi) is 1.98. The Morgan fingerprint density at radius 2 is 2.19 bits per heavy atom. The summed E-state index contributed by atoms with van der Waals surface area (Å²) in [4.78, 5) is 12.6. The van der Waals surface area contributed by atoms with E-state index < -0.39 is 0 Å². The maximum Gasteiger partial charge on any atom is 0.174 e. The van der Waals surface area contributed by atoms with Crippen LogP contribution in [0.3, 0.4) is 0 Å². The average molecular weight is 284 g/mol. The number of hydrogen-bond acceptors (Lipinski definition) is 3. The van der Waals surface area contributed by atoms with Crippen molar-refractivity contribution in [2.45, 2.75) is 57.0 Å². The lowest BCUT2D eigenvalue weighted by atomic mass is 9.41. The third-order valence-corrected chi connectivity index (χ3v) is 7.05. The van der Waals surface area contributed by atoms with Gasteiger partial charge < -0.3 is 9.84 Å². The first-order valence-electron chi connectivity index (χ1n) is 8.12. The average Bonchev–Trinajstić information content (AvgIpc) is 2.80. The fourth-order valence-corrected chi connectivity index (χ4v) is 6.05. The first-order valence-corrected chi connectivity index (χ1v) is 8.12. The lowest BCUT2D eigenvalue weighted by Gasteiger charge is -2.61. The van der Waals surface area contributed by atoms with Gasteiger partial charge >= 0.3 is 0 Å². The largest absolute Gasteiger partial charge is 0.504 e. The van der Waals surface area contributed by atoms with Crippen LogP contribution in [0.2, 0.25) is 0 Å². The fraction of sp³-hybridized carbons (Fsp3) is 0.611. The minimum absolute atomic E-state index is 0.149. The monoisotopic (exact) mass is 284 g/mol. The number of Topliss-reactive ketones (excluding diaryl/α,β-unsaturated/α-hetero) is 1. The highest BCUT2D eigenvalue weighted by molar-refractivity contribution is 5.89. The van der Waals surface area contributed by atoms with Crippen LogP contribution in [0.5, 0.6) is 11.5 Å². The molecule has 4 aliphatic rings. The standard InChI is InChI=1S/C18H20O3/c1-17-8-6-13(20)16-18(17)7-2-3-11(17)9-10-4-5-12(19)15(21-16)14(10)18/h4-5,11,16,19H,2-3,6-9H2,1H3/t11-,16+,17+,18+/m1/s1. The van der Waals surface area contributed by atoms with Gasteiger partial charge in [0.05, 0.1) is 0 Å². The summed E-state index contributed by atoms with van der Waals surface area (Å²) in [6, 6.07) is 3.80. The SMILES string of the molecule is C[C@@]12CCC(=O)[C@@H]3Oc4c(O)ccc5c4[C@@]31CCC[C@@H]2C5. The molecule has 2 bridgehead atoms. The quantitative estimate of drug-likeness (QED) is 0.796. The Morgan fingerprint density at radius 3 is 3.05 bits per heavy atom. The fourth-order valence-electron chi connectivity index (χ4n) is 6.05. The number of phenolic OH excluding ortho intramolecular Hbond substituents is 1. The van der Waals surface area contributed by atoms with E-state index in [2.05, 4.69) is 13.0 Å². The molecule has 21 heavy (non-hydrogen) atoms. The molecule has 1 heterocycles. The first-order chi connectivity index (χ1) is 10.1. The molecule has 1 aromatic rings. The summed E-state index contributed by atoms with van der Waals surface area (Å²) in [6.45, 7) is 2.38. The summed E-state index contributed by atoms with van der Waals surface area (Å²) in [5.74, 6) is 1.70. The van der Waals surface area contributed by atoms with E-state index in [-0.39, 0.29) is 28.5 Å². The third kappa shape index (κ3) is 1.10. The van der Waals surface area contributed by atoms with Gasteiger partial charge in [-0.3, -0.25) is 4.79 Å². The zero-order chi connectivity index (χ0) is 14.4. The molecule has 3 aliphatic carbocycles. The molecule has 110 valence electrons. The van der Waals surface area contributed by atoms with E-state index in [4.69, 9.17) is 4.74 Å². The van der Waals surface area contributed by atoms with Crippen LogP contribution in [-0.4, -0.2) is 17.0 Å². The number of hydrogen-bond donors (Lipinski definition) is 1. The summed E-state index contributed by atoms with van der Waals surface area (Å²) < 4.78 is 6.09. The second kappa shape index (κ2) is 3.45. The summed E-state index contributed by atoms with van der Waals surface area (Å²) in [7, 11) is 0. The highest BCUT2D eigenvalue weighted by Crippen LogP contribution is 2.70. The van der Waals surface area contributed by atoms with E-state index in [0.717, 1.165) is 19.3 Å². The first kappa shape index (κ1) is 12.1. The predicted octanol–water partition coefficient (Wildman–Crippen LogP) is 3.12. The number of ketones is 1. The van der Waals surface area contributed by atoms with Crippen molar-refractivity contribution < 1.29 is 14.6 Å². The molecular formula is C18H20O3. The molecule has 0 aromatic heterocycles. The van der Waals surface area contributed by atoms with E-state index in [9.17, 15) is 9.90 Å². The summed E-state index contributed by atoms with van der Waals surface area (Å²) >= 11 is 0. The molecule has 1 aromatic carbocycles. The van der Waals surface area contributed by atoms with Crippen molar-refractivity contribution >= 4 is 5.78 Å². The summed E-state index contributed by atoms with van der Waals surface area (Å²) in [5.41, 5.74) is 2.46. The maximum atomic E-state index is 12.6. The van der Waals surface area contributed by atoms with Gasteiger partial charge in [-0.05, 0) is 48.6 Å². The highest BCUT2D eigenvalue weighted by atomic mass is 16.5. The smallest absolute Gasteiger partial charge is 0.174 e. The number of rotatable bonds is 0. The van der Waals surface area contributed by atoms with Crippen molar-refractivity contribution in [3.63, 3.8) is 0 Å². The second-order valence-electron chi connectivity index (χ2n) is 7.59. The molecule has 5 rings (SSSR count). The predicted molar refractivity (Wildman–Crippen MR) is 77.6 cm³/mol. The molecule has 3 nitrogen and oxygen atoms in total. The van der Waals surface area contributed by atoms with Gasteiger partial charge in [-0.2, -0.15) is 0 Å². The van der Waals surface area contributed by atoms with Crippen LogP contribution in [0.4, 0.5) is 0 Å². The van der Waals surface area contributed by atoms with Gasteiger partial charge in [-0.1, -0.05) is 19.4 Å². The van der Waals surface area contributed by atoms with Crippen LogP contribution < -0.4 is 4.74 Å². The van der Waals surface area contributed by atoms with Crippen molar-refractivity contribution in [1.29, 1.82) is 0 Å².